The molecule has 0 radical (unpaired) electrons. The Bertz CT molecular complexity index is 317. The van der Waals surface area contributed by atoms with Crippen molar-refractivity contribution in [2.75, 3.05) is 25.1 Å². The number of fused-ring (bicyclic) bond motifs is 1. The van der Waals surface area contributed by atoms with E-state index in [0.717, 1.165) is 30.2 Å². The van der Waals surface area contributed by atoms with Crippen LogP contribution in [-0.4, -0.2) is 19.8 Å². The third-order valence-corrected chi connectivity index (χ3v) is 2.51. The van der Waals surface area contributed by atoms with E-state index in [-0.39, 0.29) is 0 Å². The lowest BCUT2D eigenvalue weighted by atomic mass is 10.1. The van der Waals surface area contributed by atoms with Crippen LogP contribution < -0.4 is 14.8 Å². The van der Waals surface area contributed by atoms with Crippen molar-refractivity contribution in [1.82, 2.24) is 0 Å². The van der Waals surface area contributed by atoms with Gasteiger partial charge in [-0.25, -0.2) is 0 Å². The third-order valence-electron chi connectivity index (χ3n) is 2.51. The Morgan fingerprint density at radius 2 is 1.80 bits per heavy atom. The predicted octanol–water partition coefficient (Wildman–Crippen LogP) is 2.45. The summed E-state index contributed by atoms with van der Waals surface area (Å²) in [5.41, 5.74) is 2.37. The maximum Gasteiger partial charge on any atom is 0.142 e. The lowest BCUT2D eigenvalue weighted by Crippen LogP contribution is -1.99. The SMILES string of the molecule is CCOc1ccc(OCC)c2c1CCN2. The minimum Gasteiger partial charge on any atom is -0.494 e. The van der Waals surface area contributed by atoms with E-state index >= 15 is 0 Å². The molecule has 1 aliphatic rings. The minimum absolute atomic E-state index is 0.697. The Morgan fingerprint density at radius 3 is 2.53 bits per heavy atom. The lowest BCUT2D eigenvalue weighted by Gasteiger charge is -2.13. The predicted molar refractivity (Wildman–Crippen MR) is 61.0 cm³/mol. The topological polar surface area (TPSA) is 30.5 Å². The van der Waals surface area contributed by atoms with E-state index in [9.17, 15) is 0 Å². The van der Waals surface area contributed by atoms with Crippen molar-refractivity contribution in [3.8, 4) is 11.5 Å². The molecule has 3 nitrogen and oxygen atoms in total. The average molecular weight is 207 g/mol. The molecule has 1 aromatic rings. The molecule has 0 bridgehead atoms. The van der Waals surface area contributed by atoms with Gasteiger partial charge < -0.3 is 14.8 Å². The van der Waals surface area contributed by atoms with Crippen LogP contribution in [0.3, 0.4) is 0 Å². The molecular formula is C12H17NO2. The molecule has 0 aliphatic carbocycles. The molecule has 0 spiro atoms. The minimum atomic E-state index is 0.697. The molecule has 2 rings (SSSR count). The first-order chi connectivity index (χ1) is 7.36. The highest BCUT2D eigenvalue weighted by Gasteiger charge is 2.19. The summed E-state index contributed by atoms with van der Waals surface area (Å²) in [6.45, 7) is 6.38. The Hall–Kier alpha value is -1.38. The summed E-state index contributed by atoms with van der Waals surface area (Å²) in [4.78, 5) is 0. The average Bonchev–Trinajstić information content (AvgIpc) is 2.71. The van der Waals surface area contributed by atoms with E-state index in [1.807, 2.05) is 26.0 Å². The van der Waals surface area contributed by atoms with Crippen LogP contribution in [0.5, 0.6) is 11.5 Å². The molecule has 0 amide bonds. The fourth-order valence-electron chi connectivity index (χ4n) is 1.93. The monoisotopic (exact) mass is 207 g/mol. The van der Waals surface area contributed by atoms with Crippen LogP contribution in [0.4, 0.5) is 5.69 Å². The second-order valence-corrected chi connectivity index (χ2v) is 3.46. The van der Waals surface area contributed by atoms with Gasteiger partial charge in [-0.05, 0) is 32.4 Å². The van der Waals surface area contributed by atoms with Crippen LogP contribution in [0.1, 0.15) is 19.4 Å². The van der Waals surface area contributed by atoms with Gasteiger partial charge in [0.25, 0.3) is 0 Å². The highest BCUT2D eigenvalue weighted by atomic mass is 16.5. The van der Waals surface area contributed by atoms with Crippen LogP contribution >= 0.6 is 0 Å². The summed E-state index contributed by atoms with van der Waals surface area (Å²) in [5.74, 6) is 1.93. The zero-order valence-electron chi connectivity index (χ0n) is 9.30. The number of anilines is 1. The van der Waals surface area contributed by atoms with Crippen LogP contribution in [0.25, 0.3) is 0 Å². The molecule has 1 aromatic carbocycles. The van der Waals surface area contributed by atoms with Crippen molar-refractivity contribution in [1.29, 1.82) is 0 Å². The van der Waals surface area contributed by atoms with Gasteiger partial charge in [0.1, 0.15) is 11.5 Å². The fourth-order valence-corrected chi connectivity index (χ4v) is 1.93. The maximum atomic E-state index is 5.59. The zero-order valence-corrected chi connectivity index (χ0v) is 9.30. The van der Waals surface area contributed by atoms with Crippen molar-refractivity contribution < 1.29 is 9.47 Å². The van der Waals surface area contributed by atoms with Gasteiger partial charge >= 0.3 is 0 Å². The second-order valence-electron chi connectivity index (χ2n) is 3.46. The van der Waals surface area contributed by atoms with Gasteiger partial charge in [0.15, 0.2) is 0 Å². The van der Waals surface area contributed by atoms with E-state index in [4.69, 9.17) is 9.47 Å². The summed E-state index contributed by atoms with van der Waals surface area (Å²) in [6.07, 6.45) is 1.02. The molecule has 3 heteroatoms. The van der Waals surface area contributed by atoms with E-state index in [0.29, 0.717) is 13.2 Å². The number of rotatable bonds is 4. The first-order valence-corrected chi connectivity index (χ1v) is 5.52. The molecule has 1 heterocycles. The van der Waals surface area contributed by atoms with Gasteiger partial charge in [-0.3, -0.25) is 0 Å². The molecule has 0 atom stereocenters. The summed E-state index contributed by atoms with van der Waals surface area (Å²) in [5, 5.41) is 3.35. The van der Waals surface area contributed by atoms with Gasteiger partial charge in [0.05, 0.1) is 18.9 Å². The van der Waals surface area contributed by atoms with Crippen molar-refractivity contribution in [3.05, 3.63) is 17.7 Å². The first-order valence-electron chi connectivity index (χ1n) is 5.52. The quantitative estimate of drug-likeness (QED) is 0.822. The largest absolute Gasteiger partial charge is 0.494 e. The summed E-state index contributed by atoms with van der Waals surface area (Å²) < 4.78 is 11.2. The number of hydrogen-bond donors (Lipinski definition) is 1. The molecule has 0 aromatic heterocycles. The van der Waals surface area contributed by atoms with Gasteiger partial charge in [-0.1, -0.05) is 0 Å². The maximum absolute atomic E-state index is 5.59. The van der Waals surface area contributed by atoms with Crippen molar-refractivity contribution >= 4 is 5.69 Å². The Balaban J connectivity index is 2.35. The van der Waals surface area contributed by atoms with Gasteiger partial charge in [0.2, 0.25) is 0 Å². The van der Waals surface area contributed by atoms with Crippen molar-refractivity contribution in [2.24, 2.45) is 0 Å². The zero-order chi connectivity index (χ0) is 10.7. The molecule has 0 saturated carbocycles. The molecular weight excluding hydrogens is 190 g/mol. The van der Waals surface area contributed by atoms with Crippen LogP contribution in [0, 0.1) is 0 Å². The van der Waals surface area contributed by atoms with E-state index in [2.05, 4.69) is 5.32 Å². The van der Waals surface area contributed by atoms with E-state index < -0.39 is 0 Å². The molecule has 1 N–H and O–H groups in total. The van der Waals surface area contributed by atoms with Gasteiger partial charge in [-0.15, -0.1) is 0 Å². The highest BCUT2D eigenvalue weighted by Crippen LogP contribution is 2.38. The van der Waals surface area contributed by atoms with Gasteiger partial charge in [0, 0.05) is 12.1 Å². The van der Waals surface area contributed by atoms with E-state index in [1.54, 1.807) is 0 Å². The number of ether oxygens (including phenoxy) is 2. The first kappa shape index (κ1) is 10.1. The third kappa shape index (κ3) is 1.87. The molecule has 1 aliphatic heterocycles. The Labute approximate surface area is 90.4 Å². The molecule has 0 fully saturated rings. The van der Waals surface area contributed by atoms with E-state index in [1.165, 1.54) is 5.56 Å². The van der Waals surface area contributed by atoms with Crippen molar-refractivity contribution in [3.63, 3.8) is 0 Å². The molecule has 0 saturated heterocycles. The summed E-state index contributed by atoms with van der Waals surface area (Å²) in [7, 11) is 0. The van der Waals surface area contributed by atoms with Gasteiger partial charge in [-0.2, -0.15) is 0 Å². The second kappa shape index (κ2) is 4.43. The number of hydrogen-bond acceptors (Lipinski definition) is 3. The Kier molecular flexibility index (Phi) is 2.99. The lowest BCUT2D eigenvalue weighted by molar-refractivity contribution is 0.330. The van der Waals surface area contributed by atoms with Crippen LogP contribution in [0.15, 0.2) is 12.1 Å². The highest BCUT2D eigenvalue weighted by molar-refractivity contribution is 5.69. The van der Waals surface area contributed by atoms with Crippen molar-refractivity contribution in [2.45, 2.75) is 20.3 Å². The molecule has 0 unspecified atom stereocenters. The standard InChI is InChI=1S/C12H17NO2/c1-3-14-10-5-6-11(15-4-2)12-9(10)7-8-13-12/h5-6,13H,3-4,7-8H2,1-2H3. The van der Waals surface area contributed by atoms with Crippen LogP contribution in [-0.2, 0) is 6.42 Å². The summed E-state index contributed by atoms with van der Waals surface area (Å²) in [6, 6.07) is 3.98. The number of benzene rings is 1. The smallest absolute Gasteiger partial charge is 0.142 e. The fraction of sp³-hybridized carbons (Fsp3) is 0.500. The van der Waals surface area contributed by atoms with Crippen LogP contribution in [0.2, 0.25) is 0 Å². The normalized spacial score (nSPS) is 13.2. The Morgan fingerprint density at radius 1 is 1.13 bits per heavy atom. The number of nitrogens with one attached hydrogen (secondary N) is 1. The molecule has 15 heavy (non-hydrogen) atoms. The summed E-state index contributed by atoms with van der Waals surface area (Å²) >= 11 is 0. The molecule has 82 valence electrons.